The van der Waals surface area contributed by atoms with E-state index in [9.17, 15) is 0 Å². The van der Waals surface area contributed by atoms with Crippen LogP contribution in [0, 0.1) is 20.8 Å². The standard InChI is InChI=1S/C57H43BN2SSi/c1-38-33-51-56-53(34-38)61-52-32-31-43(59(41-21-8-4-9-22-41)42-23-10-5-11-24-42)35-49(52)58(56)48-37-55-47(36-50(48)60(51)57-39(2)19-18-20-40(57)3)46-29-16-17-30-54(46)62(55,44-25-12-6-13-26-44)45-27-14-7-15-28-45/h4-37H,1-3H3. The Morgan fingerprint density at radius 2 is 1.05 bits per heavy atom. The second-order valence-electron chi connectivity index (χ2n) is 17.0. The van der Waals surface area contributed by atoms with E-state index in [0.717, 1.165) is 17.1 Å². The van der Waals surface area contributed by atoms with Crippen molar-refractivity contribution in [1.82, 2.24) is 0 Å². The number of fused-ring (bicyclic) bond motifs is 7. The molecule has 0 fully saturated rings. The molecule has 2 nitrogen and oxygen atoms in total. The van der Waals surface area contributed by atoms with Crippen molar-refractivity contribution in [3.8, 4) is 11.1 Å². The van der Waals surface area contributed by atoms with Gasteiger partial charge in [-0.1, -0.05) is 163 Å². The molecule has 3 aliphatic rings. The van der Waals surface area contributed by atoms with Gasteiger partial charge in [-0.25, -0.2) is 0 Å². The lowest BCUT2D eigenvalue weighted by Crippen LogP contribution is -2.73. The summed E-state index contributed by atoms with van der Waals surface area (Å²) < 4.78 is 0. The Morgan fingerprint density at radius 1 is 0.452 bits per heavy atom. The van der Waals surface area contributed by atoms with Gasteiger partial charge in [0.25, 0.3) is 0 Å². The first-order valence-corrected chi connectivity index (χ1v) is 24.4. The fraction of sp³-hybridized carbons (Fsp3) is 0.0526. The molecule has 5 heteroatoms. The first-order valence-electron chi connectivity index (χ1n) is 21.6. The molecule has 0 unspecified atom stereocenters. The third kappa shape index (κ3) is 5.45. The first kappa shape index (κ1) is 37.0. The summed E-state index contributed by atoms with van der Waals surface area (Å²) in [5.74, 6) is 0. The molecular formula is C57H43BN2SSi. The summed E-state index contributed by atoms with van der Waals surface area (Å²) in [4.78, 5) is 7.70. The highest BCUT2D eigenvalue weighted by molar-refractivity contribution is 8.00. The van der Waals surface area contributed by atoms with Crippen molar-refractivity contribution in [2.24, 2.45) is 0 Å². The Labute approximate surface area is 370 Å². The number of benzene rings is 9. The number of nitrogens with zero attached hydrogens (tertiary/aromatic N) is 2. The van der Waals surface area contributed by atoms with E-state index in [2.05, 4.69) is 237 Å². The second-order valence-corrected chi connectivity index (χ2v) is 21.8. The molecule has 0 aromatic heterocycles. The Kier molecular flexibility index (Phi) is 8.60. The van der Waals surface area contributed by atoms with Gasteiger partial charge in [-0.05, 0) is 141 Å². The maximum Gasteiger partial charge on any atom is 0.249 e. The minimum Gasteiger partial charge on any atom is -0.311 e. The van der Waals surface area contributed by atoms with E-state index >= 15 is 0 Å². The van der Waals surface area contributed by atoms with E-state index in [1.807, 2.05) is 11.8 Å². The highest BCUT2D eigenvalue weighted by atomic mass is 32.2. The van der Waals surface area contributed by atoms with Crippen LogP contribution in [-0.4, -0.2) is 14.8 Å². The molecule has 3 heterocycles. The summed E-state index contributed by atoms with van der Waals surface area (Å²) in [7, 11) is -2.79. The summed E-state index contributed by atoms with van der Waals surface area (Å²) in [6, 6.07) is 77.9. The zero-order chi connectivity index (χ0) is 41.5. The van der Waals surface area contributed by atoms with Crippen LogP contribution in [0.4, 0.5) is 34.1 Å². The predicted octanol–water partition coefficient (Wildman–Crippen LogP) is 10.2. The second kappa shape index (κ2) is 14.4. The van der Waals surface area contributed by atoms with Crippen molar-refractivity contribution >= 4 is 97.8 Å². The molecule has 0 spiro atoms. The molecule has 0 saturated carbocycles. The van der Waals surface area contributed by atoms with E-state index in [1.54, 1.807) is 0 Å². The largest absolute Gasteiger partial charge is 0.311 e. The molecule has 9 aromatic rings. The van der Waals surface area contributed by atoms with Gasteiger partial charge in [0.15, 0.2) is 8.07 Å². The fourth-order valence-electron chi connectivity index (χ4n) is 10.9. The maximum absolute atomic E-state index is 2.79. The summed E-state index contributed by atoms with van der Waals surface area (Å²) in [6.07, 6.45) is 0. The average molecular weight is 827 g/mol. The fourth-order valence-corrected chi connectivity index (χ4v) is 17.4. The highest BCUT2D eigenvalue weighted by Crippen LogP contribution is 2.46. The van der Waals surface area contributed by atoms with Gasteiger partial charge in [-0.3, -0.25) is 0 Å². The number of anilines is 6. The van der Waals surface area contributed by atoms with Crippen molar-refractivity contribution in [1.29, 1.82) is 0 Å². The lowest BCUT2D eigenvalue weighted by atomic mass is 9.34. The highest BCUT2D eigenvalue weighted by Gasteiger charge is 2.51. The van der Waals surface area contributed by atoms with Crippen LogP contribution in [0.2, 0.25) is 0 Å². The molecule has 9 aromatic carbocycles. The van der Waals surface area contributed by atoms with E-state index in [-0.39, 0.29) is 6.71 Å². The van der Waals surface area contributed by atoms with Crippen LogP contribution in [0.25, 0.3) is 11.1 Å². The van der Waals surface area contributed by atoms with Gasteiger partial charge in [0.1, 0.15) is 0 Å². The number of hydrogen-bond acceptors (Lipinski definition) is 3. The van der Waals surface area contributed by atoms with Gasteiger partial charge in [0.2, 0.25) is 6.71 Å². The SMILES string of the molecule is Cc1cc2c3c(c1)N(c1c(C)cccc1C)c1cc4c(cc1B3c1cc(N(c3ccccc3)c3ccccc3)ccc1S2)[Si](c1ccccc1)(c1ccccc1)c1ccccc1-4. The van der Waals surface area contributed by atoms with E-state index < -0.39 is 8.07 Å². The van der Waals surface area contributed by atoms with Crippen LogP contribution in [0.15, 0.2) is 216 Å². The molecule has 0 N–H and O–H groups in total. The Morgan fingerprint density at radius 3 is 1.69 bits per heavy atom. The molecule has 62 heavy (non-hydrogen) atoms. The quantitative estimate of drug-likeness (QED) is 0.154. The molecule has 0 atom stereocenters. The monoisotopic (exact) mass is 826 g/mol. The molecule has 3 aliphatic heterocycles. The summed E-state index contributed by atoms with van der Waals surface area (Å²) in [5, 5.41) is 5.77. The molecule has 294 valence electrons. The van der Waals surface area contributed by atoms with E-state index in [0.29, 0.717) is 0 Å². The van der Waals surface area contributed by atoms with Crippen molar-refractivity contribution in [2.75, 3.05) is 9.80 Å². The summed E-state index contributed by atoms with van der Waals surface area (Å²) in [6.45, 7) is 6.83. The number of rotatable bonds is 6. The van der Waals surface area contributed by atoms with Crippen molar-refractivity contribution in [3.63, 3.8) is 0 Å². The van der Waals surface area contributed by atoms with Crippen LogP contribution in [-0.2, 0) is 0 Å². The molecule has 0 bridgehead atoms. The zero-order valence-electron chi connectivity index (χ0n) is 35.0. The molecule has 0 aliphatic carbocycles. The number of hydrogen-bond donors (Lipinski definition) is 0. The van der Waals surface area contributed by atoms with Crippen LogP contribution in [0.3, 0.4) is 0 Å². The zero-order valence-corrected chi connectivity index (χ0v) is 36.8. The first-order chi connectivity index (χ1) is 30.5. The third-order valence-electron chi connectivity index (χ3n) is 13.4. The van der Waals surface area contributed by atoms with Crippen LogP contribution >= 0.6 is 11.8 Å². The Bertz CT molecular complexity index is 3110. The van der Waals surface area contributed by atoms with Crippen LogP contribution in [0.5, 0.6) is 0 Å². The average Bonchev–Trinajstić information content (AvgIpc) is 3.60. The van der Waals surface area contributed by atoms with Crippen LogP contribution in [0.1, 0.15) is 16.7 Å². The summed E-state index contributed by atoms with van der Waals surface area (Å²) in [5.41, 5.74) is 17.9. The van der Waals surface area contributed by atoms with Gasteiger partial charge in [-0.2, -0.15) is 0 Å². The van der Waals surface area contributed by atoms with Crippen molar-refractivity contribution in [3.05, 3.63) is 223 Å². The molecule has 0 radical (unpaired) electrons. The topological polar surface area (TPSA) is 6.48 Å². The molecule has 0 saturated heterocycles. The van der Waals surface area contributed by atoms with E-state index in [4.69, 9.17) is 0 Å². The van der Waals surface area contributed by atoms with Crippen molar-refractivity contribution < 1.29 is 0 Å². The normalized spacial score (nSPS) is 13.7. The van der Waals surface area contributed by atoms with E-state index in [1.165, 1.54) is 91.8 Å². The molecule has 12 rings (SSSR count). The van der Waals surface area contributed by atoms with Crippen molar-refractivity contribution in [2.45, 2.75) is 30.6 Å². The number of aryl methyl sites for hydroxylation is 3. The van der Waals surface area contributed by atoms with Gasteiger partial charge in [0, 0.05) is 38.2 Å². The van der Waals surface area contributed by atoms with Gasteiger partial charge in [0.05, 0.1) is 5.69 Å². The maximum atomic E-state index is 2.69. The smallest absolute Gasteiger partial charge is 0.249 e. The molecular weight excluding hydrogens is 784 g/mol. The van der Waals surface area contributed by atoms with Gasteiger partial charge >= 0.3 is 0 Å². The third-order valence-corrected chi connectivity index (χ3v) is 19.4. The minimum absolute atomic E-state index is 0.00744. The van der Waals surface area contributed by atoms with Gasteiger partial charge < -0.3 is 9.80 Å². The lowest BCUT2D eigenvalue weighted by Gasteiger charge is -2.42. The number of para-hydroxylation sites is 3. The minimum atomic E-state index is -2.79. The summed E-state index contributed by atoms with van der Waals surface area (Å²) >= 11 is 1.93. The van der Waals surface area contributed by atoms with Crippen LogP contribution < -0.4 is 46.9 Å². The Hall–Kier alpha value is -6.79. The van der Waals surface area contributed by atoms with Gasteiger partial charge in [-0.15, -0.1) is 0 Å². The Balaban J connectivity index is 1.20. The predicted molar refractivity (Wildman–Crippen MR) is 268 cm³/mol. The lowest BCUT2D eigenvalue weighted by molar-refractivity contribution is 1.20. The molecule has 0 amide bonds.